The van der Waals surface area contributed by atoms with Gasteiger partial charge in [0.25, 0.3) is 0 Å². The van der Waals surface area contributed by atoms with Crippen LogP contribution in [0, 0.1) is 5.92 Å². The summed E-state index contributed by atoms with van der Waals surface area (Å²) in [4.78, 5) is 14.2. The zero-order valence-electron chi connectivity index (χ0n) is 14.0. The number of morpholine rings is 1. The summed E-state index contributed by atoms with van der Waals surface area (Å²) >= 11 is 0. The lowest BCUT2D eigenvalue weighted by molar-refractivity contribution is -0.147. The van der Waals surface area contributed by atoms with Crippen LogP contribution in [0.3, 0.4) is 0 Å². The minimum Gasteiger partial charge on any atom is -0.368 e. The molecule has 23 heavy (non-hydrogen) atoms. The second-order valence-corrected chi connectivity index (χ2v) is 6.70. The van der Waals surface area contributed by atoms with Gasteiger partial charge in [0, 0.05) is 13.6 Å². The fourth-order valence-corrected chi connectivity index (χ4v) is 3.43. The van der Waals surface area contributed by atoms with Gasteiger partial charge < -0.3 is 18.9 Å². The first kappa shape index (κ1) is 16.4. The molecule has 2 heterocycles. The van der Waals surface area contributed by atoms with Crippen LogP contribution >= 0.6 is 0 Å². The summed E-state index contributed by atoms with van der Waals surface area (Å²) in [5.41, 5.74) is 0. The zero-order chi connectivity index (χ0) is 16.2. The van der Waals surface area contributed by atoms with Crippen LogP contribution in [0.2, 0.25) is 0 Å². The summed E-state index contributed by atoms with van der Waals surface area (Å²) in [7, 11) is 1.88. The second-order valence-electron chi connectivity index (χ2n) is 6.70. The Morgan fingerprint density at radius 3 is 3.09 bits per heavy atom. The van der Waals surface area contributed by atoms with E-state index in [2.05, 4.69) is 17.1 Å². The minimum absolute atomic E-state index is 0.0405. The first-order valence-corrected chi connectivity index (χ1v) is 8.48. The van der Waals surface area contributed by atoms with Crippen molar-refractivity contribution < 1.29 is 14.3 Å². The number of amides is 1. The van der Waals surface area contributed by atoms with Crippen molar-refractivity contribution in [2.24, 2.45) is 13.0 Å². The summed E-state index contributed by atoms with van der Waals surface area (Å²) in [5.74, 6) is 1.50. The number of hydrogen-bond donors (Lipinski definition) is 0. The van der Waals surface area contributed by atoms with Gasteiger partial charge >= 0.3 is 0 Å². The van der Waals surface area contributed by atoms with Gasteiger partial charge in [-0.1, -0.05) is 19.8 Å². The smallest absolute Gasteiger partial charge is 0.248 e. The number of carbonyl (C=O) groups excluding carboxylic acids is 1. The predicted octanol–water partition coefficient (Wildman–Crippen LogP) is 1.31. The van der Waals surface area contributed by atoms with Crippen LogP contribution < -0.4 is 0 Å². The summed E-state index contributed by atoms with van der Waals surface area (Å²) in [5, 5.41) is 7.96. The average molecular weight is 322 g/mol. The van der Waals surface area contributed by atoms with Crippen LogP contribution in [0.5, 0.6) is 0 Å². The molecule has 0 bridgehead atoms. The Morgan fingerprint density at radius 2 is 2.35 bits per heavy atom. The van der Waals surface area contributed by atoms with Crippen LogP contribution in [-0.4, -0.2) is 58.0 Å². The fourth-order valence-electron chi connectivity index (χ4n) is 3.43. The Balaban J connectivity index is 1.50. The van der Waals surface area contributed by atoms with E-state index < -0.39 is 0 Å². The molecule has 7 nitrogen and oxygen atoms in total. The van der Waals surface area contributed by atoms with Crippen LogP contribution in [0.15, 0.2) is 6.33 Å². The topological polar surface area (TPSA) is 69.5 Å². The monoisotopic (exact) mass is 322 g/mol. The van der Waals surface area contributed by atoms with E-state index in [-0.39, 0.29) is 24.7 Å². The largest absolute Gasteiger partial charge is 0.368 e. The molecule has 0 aromatic carbocycles. The molecule has 0 spiro atoms. The molecule has 1 aromatic rings. The van der Waals surface area contributed by atoms with Crippen molar-refractivity contribution in [1.82, 2.24) is 19.7 Å². The van der Waals surface area contributed by atoms with Crippen molar-refractivity contribution in [3.05, 3.63) is 12.2 Å². The Morgan fingerprint density at radius 1 is 1.48 bits per heavy atom. The van der Waals surface area contributed by atoms with Crippen LogP contribution in [-0.2, 0) is 21.3 Å². The molecule has 128 valence electrons. The Labute approximate surface area is 137 Å². The van der Waals surface area contributed by atoms with E-state index in [9.17, 15) is 4.79 Å². The molecule has 2 aliphatic rings. The second kappa shape index (κ2) is 7.40. The molecule has 1 saturated heterocycles. The molecule has 1 saturated carbocycles. The molecule has 1 aliphatic heterocycles. The summed E-state index contributed by atoms with van der Waals surface area (Å²) in [6.45, 7) is 4.06. The number of carbonyl (C=O) groups is 1. The predicted molar refractivity (Wildman–Crippen MR) is 83.6 cm³/mol. The number of aromatic nitrogens is 3. The van der Waals surface area contributed by atoms with Crippen molar-refractivity contribution in [2.75, 3.05) is 26.3 Å². The van der Waals surface area contributed by atoms with Gasteiger partial charge in [-0.2, -0.15) is 0 Å². The highest BCUT2D eigenvalue weighted by atomic mass is 16.5. The number of rotatable bonds is 4. The Kier molecular flexibility index (Phi) is 5.27. The molecule has 0 radical (unpaired) electrons. The molecule has 3 rings (SSSR count). The zero-order valence-corrected chi connectivity index (χ0v) is 14.0. The SMILES string of the molecule is C[C@@H]1CCC[C@@H](OCC(=O)N2CCO[C@H](c3nncn3C)C2)C1. The van der Waals surface area contributed by atoms with Gasteiger partial charge in [-0.3, -0.25) is 4.79 Å². The molecular weight excluding hydrogens is 296 g/mol. The molecule has 1 aromatic heterocycles. The van der Waals surface area contributed by atoms with Gasteiger partial charge in [0.15, 0.2) is 5.82 Å². The maximum atomic E-state index is 12.4. The van der Waals surface area contributed by atoms with E-state index >= 15 is 0 Å². The normalized spacial score (nSPS) is 28.8. The lowest BCUT2D eigenvalue weighted by Crippen LogP contribution is -2.44. The lowest BCUT2D eigenvalue weighted by atomic mass is 9.89. The number of nitrogens with zero attached hydrogens (tertiary/aromatic N) is 4. The van der Waals surface area contributed by atoms with E-state index in [1.165, 1.54) is 12.8 Å². The first-order chi connectivity index (χ1) is 11.1. The van der Waals surface area contributed by atoms with E-state index in [1.54, 1.807) is 6.33 Å². The van der Waals surface area contributed by atoms with Crippen molar-refractivity contribution in [2.45, 2.75) is 44.8 Å². The fraction of sp³-hybridized carbons (Fsp3) is 0.812. The van der Waals surface area contributed by atoms with Crippen LogP contribution in [0.25, 0.3) is 0 Å². The molecular formula is C16H26N4O3. The van der Waals surface area contributed by atoms with Crippen molar-refractivity contribution in [3.8, 4) is 0 Å². The minimum atomic E-state index is -0.213. The quantitative estimate of drug-likeness (QED) is 0.836. The van der Waals surface area contributed by atoms with Gasteiger partial charge in [-0.25, -0.2) is 0 Å². The van der Waals surface area contributed by atoms with Gasteiger partial charge in [0.05, 0.1) is 19.3 Å². The highest BCUT2D eigenvalue weighted by molar-refractivity contribution is 5.77. The van der Waals surface area contributed by atoms with E-state index in [0.717, 1.165) is 18.7 Å². The van der Waals surface area contributed by atoms with Crippen molar-refractivity contribution in [3.63, 3.8) is 0 Å². The lowest BCUT2D eigenvalue weighted by Gasteiger charge is -2.33. The van der Waals surface area contributed by atoms with Crippen molar-refractivity contribution in [1.29, 1.82) is 0 Å². The number of hydrogen-bond acceptors (Lipinski definition) is 5. The molecule has 3 atom stereocenters. The summed E-state index contributed by atoms with van der Waals surface area (Å²) in [6, 6.07) is 0. The first-order valence-electron chi connectivity index (χ1n) is 8.48. The third-order valence-electron chi connectivity index (χ3n) is 4.78. The molecule has 7 heteroatoms. The molecule has 1 aliphatic carbocycles. The summed E-state index contributed by atoms with van der Waals surface area (Å²) in [6.07, 6.45) is 6.28. The molecule has 1 amide bonds. The third-order valence-corrected chi connectivity index (χ3v) is 4.78. The third kappa shape index (κ3) is 4.09. The maximum absolute atomic E-state index is 12.4. The maximum Gasteiger partial charge on any atom is 0.248 e. The standard InChI is InChI=1S/C16H26N4O3/c1-12-4-3-5-13(8-12)23-10-15(21)20-6-7-22-14(9-20)16-18-17-11-19(16)2/h11-14H,3-10H2,1-2H3/t12-,13-,14+/m1/s1. The highest BCUT2D eigenvalue weighted by Gasteiger charge is 2.29. The number of aryl methyl sites for hydroxylation is 1. The van der Waals surface area contributed by atoms with Gasteiger partial charge in [-0.05, 0) is 18.8 Å². The Hall–Kier alpha value is -1.47. The summed E-state index contributed by atoms with van der Waals surface area (Å²) < 4.78 is 13.4. The van der Waals surface area contributed by atoms with E-state index in [0.29, 0.717) is 25.6 Å². The van der Waals surface area contributed by atoms with Crippen molar-refractivity contribution >= 4 is 5.91 Å². The van der Waals surface area contributed by atoms with Gasteiger partial charge in [-0.15, -0.1) is 10.2 Å². The Bertz CT molecular complexity index is 533. The van der Waals surface area contributed by atoms with Gasteiger partial charge in [0.1, 0.15) is 19.0 Å². The molecule has 0 N–H and O–H groups in total. The molecule has 2 fully saturated rings. The van der Waals surface area contributed by atoms with Crippen LogP contribution in [0.4, 0.5) is 0 Å². The van der Waals surface area contributed by atoms with E-state index in [1.807, 2.05) is 16.5 Å². The molecule has 0 unspecified atom stereocenters. The average Bonchev–Trinajstić information content (AvgIpc) is 2.99. The van der Waals surface area contributed by atoms with Crippen LogP contribution in [0.1, 0.15) is 44.5 Å². The number of ether oxygens (including phenoxy) is 2. The van der Waals surface area contributed by atoms with Gasteiger partial charge in [0.2, 0.25) is 5.91 Å². The van der Waals surface area contributed by atoms with E-state index in [4.69, 9.17) is 9.47 Å². The highest BCUT2D eigenvalue weighted by Crippen LogP contribution is 2.26.